The van der Waals surface area contributed by atoms with Crippen LogP contribution >= 0.6 is 0 Å². The van der Waals surface area contributed by atoms with E-state index in [1.807, 2.05) is 12.1 Å². The molecule has 1 rings (SSSR count). The summed E-state index contributed by atoms with van der Waals surface area (Å²) in [5, 5.41) is 3.30. The van der Waals surface area contributed by atoms with Gasteiger partial charge < -0.3 is 15.8 Å². The highest BCUT2D eigenvalue weighted by Crippen LogP contribution is 2.21. The molecule has 0 aliphatic carbocycles. The maximum Gasteiger partial charge on any atom is 0.168 e. The summed E-state index contributed by atoms with van der Waals surface area (Å²) in [6.45, 7) is 5.56. The van der Waals surface area contributed by atoms with Crippen LogP contribution in [0.4, 0.5) is 5.82 Å². The second kappa shape index (κ2) is 7.06. The van der Waals surface area contributed by atoms with Gasteiger partial charge in [-0.15, -0.1) is 0 Å². The average molecular weight is 223 g/mol. The third-order valence-electron chi connectivity index (χ3n) is 2.22. The standard InChI is InChI=1S/C12H21N3O/c1-3-9-16-11-5-4-8-14-12(11)15-10(2)6-7-13/h4-5,8,10H,3,6-7,9,13H2,1-2H3,(H,14,15). The summed E-state index contributed by atoms with van der Waals surface area (Å²) in [5.41, 5.74) is 5.51. The fraction of sp³-hybridized carbons (Fsp3) is 0.583. The van der Waals surface area contributed by atoms with Crippen LogP contribution in [0.15, 0.2) is 18.3 Å². The van der Waals surface area contributed by atoms with Gasteiger partial charge in [-0.2, -0.15) is 0 Å². The molecule has 0 saturated heterocycles. The van der Waals surface area contributed by atoms with Crippen molar-refractivity contribution in [3.8, 4) is 5.75 Å². The Balaban J connectivity index is 2.62. The van der Waals surface area contributed by atoms with Crippen LogP contribution in [0.25, 0.3) is 0 Å². The quantitative estimate of drug-likeness (QED) is 0.742. The third kappa shape index (κ3) is 4.06. The van der Waals surface area contributed by atoms with Crippen molar-refractivity contribution in [2.45, 2.75) is 32.7 Å². The van der Waals surface area contributed by atoms with Crippen molar-refractivity contribution in [2.24, 2.45) is 5.73 Å². The highest BCUT2D eigenvalue weighted by molar-refractivity contribution is 5.49. The molecule has 1 heterocycles. The van der Waals surface area contributed by atoms with Crippen molar-refractivity contribution in [3.63, 3.8) is 0 Å². The summed E-state index contributed by atoms with van der Waals surface area (Å²) in [4.78, 5) is 4.28. The molecule has 0 fully saturated rings. The van der Waals surface area contributed by atoms with Crippen LogP contribution in [-0.4, -0.2) is 24.2 Å². The number of nitrogens with one attached hydrogen (secondary N) is 1. The Morgan fingerprint density at radius 2 is 2.38 bits per heavy atom. The lowest BCUT2D eigenvalue weighted by molar-refractivity contribution is 0.317. The molecule has 0 bridgehead atoms. The van der Waals surface area contributed by atoms with E-state index in [2.05, 4.69) is 24.1 Å². The molecule has 16 heavy (non-hydrogen) atoms. The van der Waals surface area contributed by atoms with Crippen molar-refractivity contribution >= 4 is 5.82 Å². The summed E-state index contributed by atoms with van der Waals surface area (Å²) < 4.78 is 5.61. The normalized spacial score (nSPS) is 12.2. The van der Waals surface area contributed by atoms with Crippen LogP contribution in [0.3, 0.4) is 0 Å². The van der Waals surface area contributed by atoms with Gasteiger partial charge >= 0.3 is 0 Å². The molecular formula is C12H21N3O. The first-order valence-corrected chi connectivity index (χ1v) is 5.82. The van der Waals surface area contributed by atoms with Crippen molar-refractivity contribution in [3.05, 3.63) is 18.3 Å². The van der Waals surface area contributed by atoms with Gasteiger partial charge in [-0.3, -0.25) is 0 Å². The molecule has 0 aliphatic rings. The lowest BCUT2D eigenvalue weighted by Gasteiger charge is -2.16. The average Bonchev–Trinajstić information content (AvgIpc) is 2.28. The van der Waals surface area contributed by atoms with Crippen molar-refractivity contribution in [2.75, 3.05) is 18.5 Å². The zero-order valence-corrected chi connectivity index (χ0v) is 10.1. The molecule has 90 valence electrons. The number of ether oxygens (including phenoxy) is 1. The molecule has 4 nitrogen and oxygen atoms in total. The van der Waals surface area contributed by atoms with Crippen LogP contribution in [0.2, 0.25) is 0 Å². The molecule has 0 saturated carbocycles. The van der Waals surface area contributed by atoms with Gasteiger partial charge in [0.25, 0.3) is 0 Å². The van der Waals surface area contributed by atoms with E-state index in [-0.39, 0.29) is 0 Å². The number of aromatic nitrogens is 1. The molecule has 1 unspecified atom stereocenters. The van der Waals surface area contributed by atoms with E-state index in [1.54, 1.807) is 6.20 Å². The largest absolute Gasteiger partial charge is 0.490 e. The van der Waals surface area contributed by atoms with Gasteiger partial charge in [0.1, 0.15) is 0 Å². The van der Waals surface area contributed by atoms with Crippen LogP contribution in [-0.2, 0) is 0 Å². The van der Waals surface area contributed by atoms with Crippen molar-refractivity contribution in [1.29, 1.82) is 0 Å². The first-order chi connectivity index (χ1) is 7.77. The molecule has 0 radical (unpaired) electrons. The third-order valence-corrected chi connectivity index (χ3v) is 2.22. The topological polar surface area (TPSA) is 60.2 Å². The first-order valence-electron chi connectivity index (χ1n) is 5.82. The molecule has 1 aromatic heterocycles. The molecule has 1 atom stereocenters. The second-order valence-electron chi connectivity index (χ2n) is 3.82. The minimum atomic E-state index is 0.309. The molecule has 0 amide bonds. The van der Waals surface area contributed by atoms with Gasteiger partial charge in [-0.1, -0.05) is 6.92 Å². The lowest BCUT2D eigenvalue weighted by atomic mass is 10.2. The lowest BCUT2D eigenvalue weighted by Crippen LogP contribution is -2.20. The van der Waals surface area contributed by atoms with E-state index in [0.29, 0.717) is 19.2 Å². The van der Waals surface area contributed by atoms with Gasteiger partial charge in [-0.25, -0.2) is 4.98 Å². The summed E-state index contributed by atoms with van der Waals surface area (Å²) in [7, 11) is 0. The Morgan fingerprint density at radius 1 is 1.56 bits per heavy atom. The maximum atomic E-state index is 5.61. The number of anilines is 1. The molecule has 1 aromatic rings. The molecular weight excluding hydrogens is 202 g/mol. The van der Waals surface area contributed by atoms with E-state index >= 15 is 0 Å². The number of rotatable bonds is 7. The van der Waals surface area contributed by atoms with Gasteiger partial charge in [0, 0.05) is 12.2 Å². The number of pyridine rings is 1. The highest BCUT2D eigenvalue weighted by Gasteiger charge is 2.07. The Hall–Kier alpha value is -1.29. The van der Waals surface area contributed by atoms with Crippen LogP contribution in [0, 0.1) is 0 Å². The number of hydrogen-bond donors (Lipinski definition) is 2. The minimum Gasteiger partial charge on any atom is -0.490 e. The fourth-order valence-corrected chi connectivity index (χ4v) is 1.38. The Kier molecular flexibility index (Phi) is 5.64. The summed E-state index contributed by atoms with van der Waals surface area (Å²) >= 11 is 0. The van der Waals surface area contributed by atoms with Crippen molar-refractivity contribution in [1.82, 2.24) is 4.98 Å². The maximum absolute atomic E-state index is 5.61. The summed E-state index contributed by atoms with van der Waals surface area (Å²) in [5.74, 6) is 1.62. The Morgan fingerprint density at radius 3 is 3.06 bits per heavy atom. The predicted molar refractivity (Wildman–Crippen MR) is 66.8 cm³/mol. The van der Waals surface area contributed by atoms with E-state index in [1.165, 1.54) is 0 Å². The second-order valence-corrected chi connectivity index (χ2v) is 3.82. The molecule has 0 spiro atoms. The van der Waals surface area contributed by atoms with E-state index in [9.17, 15) is 0 Å². The van der Waals surface area contributed by atoms with Crippen LogP contribution < -0.4 is 15.8 Å². The monoisotopic (exact) mass is 223 g/mol. The smallest absolute Gasteiger partial charge is 0.168 e. The van der Waals surface area contributed by atoms with Gasteiger partial charge in [0.15, 0.2) is 11.6 Å². The van der Waals surface area contributed by atoms with E-state index in [4.69, 9.17) is 10.5 Å². The molecule has 0 aromatic carbocycles. The molecule has 0 aliphatic heterocycles. The van der Waals surface area contributed by atoms with Crippen LogP contribution in [0.1, 0.15) is 26.7 Å². The van der Waals surface area contributed by atoms with E-state index in [0.717, 1.165) is 24.4 Å². The van der Waals surface area contributed by atoms with Gasteiger partial charge in [-0.05, 0) is 38.4 Å². The summed E-state index contributed by atoms with van der Waals surface area (Å²) in [6, 6.07) is 4.12. The van der Waals surface area contributed by atoms with E-state index < -0.39 is 0 Å². The Bertz CT molecular complexity index is 304. The van der Waals surface area contributed by atoms with Crippen LogP contribution in [0.5, 0.6) is 5.75 Å². The van der Waals surface area contributed by atoms with Crippen molar-refractivity contribution < 1.29 is 4.74 Å². The van der Waals surface area contributed by atoms with Gasteiger partial charge in [0.2, 0.25) is 0 Å². The number of nitrogens with two attached hydrogens (primary N) is 1. The SMILES string of the molecule is CCCOc1cccnc1NC(C)CCN. The van der Waals surface area contributed by atoms with Gasteiger partial charge in [0.05, 0.1) is 6.61 Å². The fourth-order valence-electron chi connectivity index (χ4n) is 1.38. The molecule has 4 heteroatoms. The summed E-state index contributed by atoms with van der Waals surface area (Å²) in [6.07, 6.45) is 3.67. The number of hydrogen-bond acceptors (Lipinski definition) is 4. The molecule has 3 N–H and O–H groups in total. The Labute approximate surface area is 97.2 Å². The zero-order chi connectivity index (χ0) is 11.8. The zero-order valence-electron chi connectivity index (χ0n) is 10.1. The minimum absolute atomic E-state index is 0.309. The number of nitrogens with zero attached hydrogens (tertiary/aromatic N) is 1. The predicted octanol–water partition coefficient (Wildman–Crippen LogP) is 2.02. The highest BCUT2D eigenvalue weighted by atomic mass is 16.5. The first kappa shape index (κ1) is 12.8.